The molecule has 0 radical (unpaired) electrons. The van der Waals surface area contributed by atoms with Crippen LogP contribution in [0.3, 0.4) is 0 Å². The molecule has 1 aliphatic rings. The van der Waals surface area contributed by atoms with Gasteiger partial charge in [-0.25, -0.2) is 0 Å². The van der Waals surface area contributed by atoms with E-state index < -0.39 is 0 Å². The molecule has 0 unspecified atom stereocenters. The third-order valence-corrected chi connectivity index (χ3v) is 2.62. The Morgan fingerprint density at radius 1 is 1.33 bits per heavy atom. The third-order valence-electron chi connectivity index (χ3n) is 2.40. The molecule has 0 saturated carbocycles. The SMILES string of the molecule is SCCc1noc2c3c(ccc12)OCO3. The molecule has 0 N–H and O–H groups in total. The lowest BCUT2D eigenvalue weighted by Crippen LogP contribution is -1.93. The quantitative estimate of drug-likeness (QED) is 0.791. The zero-order valence-corrected chi connectivity index (χ0v) is 8.79. The first-order valence-corrected chi connectivity index (χ1v) is 5.31. The van der Waals surface area contributed by atoms with E-state index in [1.54, 1.807) is 0 Å². The molecule has 2 aromatic rings. The maximum atomic E-state index is 5.33. The minimum absolute atomic E-state index is 0.247. The van der Waals surface area contributed by atoms with E-state index in [9.17, 15) is 0 Å². The van der Waals surface area contributed by atoms with Gasteiger partial charge in [-0.2, -0.15) is 12.6 Å². The number of hydrogen-bond acceptors (Lipinski definition) is 5. The van der Waals surface area contributed by atoms with Gasteiger partial charge in [0.25, 0.3) is 0 Å². The maximum Gasteiger partial charge on any atom is 0.231 e. The smallest absolute Gasteiger partial charge is 0.231 e. The largest absolute Gasteiger partial charge is 0.453 e. The Hall–Kier alpha value is -1.36. The highest BCUT2D eigenvalue weighted by Gasteiger charge is 2.21. The van der Waals surface area contributed by atoms with Gasteiger partial charge in [0.05, 0.1) is 5.69 Å². The molecule has 15 heavy (non-hydrogen) atoms. The molecule has 0 aliphatic carbocycles. The number of aryl methyl sites for hydroxylation is 1. The summed E-state index contributed by atoms with van der Waals surface area (Å²) in [5, 5.41) is 4.98. The normalized spacial score (nSPS) is 13.7. The highest BCUT2D eigenvalue weighted by atomic mass is 32.1. The summed E-state index contributed by atoms with van der Waals surface area (Å²) in [5.74, 6) is 2.12. The summed E-state index contributed by atoms with van der Waals surface area (Å²) in [5.41, 5.74) is 1.58. The molecular formula is C10H9NO3S. The summed E-state index contributed by atoms with van der Waals surface area (Å²) >= 11 is 4.18. The van der Waals surface area contributed by atoms with Crippen molar-refractivity contribution in [1.29, 1.82) is 0 Å². The molecule has 1 aliphatic heterocycles. The van der Waals surface area contributed by atoms with Gasteiger partial charge < -0.3 is 14.0 Å². The molecule has 0 bridgehead atoms. The number of hydrogen-bond donors (Lipinski definition) is 1. The van der Waals surface area contributed by atoms with E-state index in [1.165, 1.54) is 0 Å². The second kappa shape index (κ2) is 3.34. The van der Waals surface area contributed by atoms with Gasteiger partial charge in [0.2, 0.25) is 18.1 Å². The molecule has 1 aromatic carbocycles. The number of rotatable bonds is 2. The predicted octanol–water partition coefficient (Wildman–Crippen LogP) is 2.03. The van der Waals surface area contributed by atoms with E-state index >= 15 is 0 Å². The topological polar surface area (TPSA) is 44.5 Å². The average Bonchev–Trinajstić information content (AvgIpc) is 2.83. The lowest BCUT2D eigenvalue weighted by Gasteiger charge is -1.95. The summed E-state index contributed by atoms with van der Waals surface area (Å²) in [7, 11) is 0. The van der Waals surface area contributed by atoms with Crippen LogP contribution in [0.5, 0.6) is 11.5 Å². The van der Waals surface area contributed by atoms with E-state index in [0.717, 1.165) is 29.0 Å². The molecule has 0 amide bonds. The Morgan fingerprint density at radius 2 is 2.27 bits per heavy atom. The van der Waals surface area contributed by atoms with Gasteiger partial charge in [-0.1, -0.05) is 5.16 Å². The first kappa shape index (κ1) is 8.91. The van der Waals surface area contributed by atoms with Crippen LogP contribution in [0.25, 0.3) is 11.0 Å². The van der Waals surface area contributed by atoms with Gasteiger partial charge in [0, 0.05) is 11.8 Å². The summed E-state index contributed by atoms with van der Waals surface area (Å²) in [6.45, 7) is 0.247. The fourth-order valence-corrected chi connectivity index (χ4v) is 1.91. The van der Waals surface area contributed by atoms with E-state index in [-0.39, 0.29) is 6.79 Å². The zero-order chi connectivity index (χ0) is 10.3. The molecule has 3 rings (SSSR count). The molecular weight excluding hydrogens is 214 g/mol. The Balaban J connectivity index is 2.21. The van der Waals surface area contributed by atoms with Crippen LogP contribution < -0.4 is 9.47 Å². The Kier molecular flexibility index (Phi) is 1.98. The molecule has 5 heteroatoms. The first-order valence-electron chi connectivity index (χ1n) is 4.68. The minimum atomic E-state index is 0.247. The van der Waals surface area contributed by atoms with Gasteiger partial charge in [0.15, 0.2) is 5.75 Å². The standard InChI is InChI=1S/C10H9NO3S/c15-4-3-7-6-1-2-8-10(13-5-12-8)9(6)14-11-7/h1-2,15H,3-5H2. The van der Waals surface area contributed by atoms with Gasteiger partial charge in [0.1, 0.15) is 0 Å². The predicted molar refractivity (Wildman–Crippen MR) is 57.7 cm³/mol. The molecule has 2 heterocycles. The van der Waals surface area contributed by atoms with Crippen LogP contribution in [0.15, 0.2) is 16.7 Å². The van der Waals surface area contributed by atoms with E-state index in [1.807, 2.05) is 12.1 Å². The summed E-state index contributed by atoms with van der Waals surface area (Å²) in [4.78, 5) is 0. The summed E-state index contributed by atoms with van der Waals surface area (Å²) < 4.78 is 15.8. The number of fused-ring (bicyclic) bond motifs is 3. The van der Waals surface area contributed by atoms with Crippen LogP contribution in [0, 0.1) is 0 Å². The van der Waals surface area contributed by atoms with E-state index in [0.29, 0.717) is 11.3 Å². The van der Waals surface area contributed by atoms with Crippen molar-refractivity contribution in [2.24, 2.45) is 0 Å². The van der Waals surface area contributed by atoms with Crippen molar-refractivity contribution >= 4 is 23.6 Å². The minimum Gasteiger partial charge on any atom is -0.453 e. The molecule has 1 aromatic heterocycles. The Bertz CT molecular complexity index is 509. The molecule has 0 saturated heterocycles. The van der Waals surface area contributed by atoms with Crippen LogP contribution in [-0.2, 0) is 6.42 Å². The van der Waals surface area contributed by atoms with Crippen LogP contribution in [0.1, 0.15) is 5.69 Å². The third kappa shape index (κ3) is 1.26. The average molecular weight is 223 g/mol. The highest BCUT2D eigenvalue weighted by molar-refractivity contribution is 7.80. The Labute approximate surface area is 91.5 Å². The number of benzene rings is 1. The molecule has 4 nitrogen and oxygen atoms in total. The van der Waals surface area contributed by atoms with Crippen molar-refractivity contribution in [3.05, 3.63) is 17.8 Å². The second-order valence-electron chi connectivity index (χ2n) is 3.28. The molecule has 0 fully saturated rings. The Morgan fingerprint density at radius 3 is 3.13 bits per heavy atom. The summed E-state index contributed by atoms with van der Waals surface area (Å²) in [6.07, 6.45) is 0.787. The van der Waals surface area contributed by atoms with Crippen LogP contribution in [0.4, 0.5) is 0 Å². The zero-order valence-electron chi connectivity index (χ0n) is 7.90. The van der Waals surface area contributed by atoms with Crippen molar-refractivity contribution in [3.63, 3.8) is 0 Å². The first-order chi connectivity index (χ1) is 7.40. The van der Waals surface area contributed by atoms with Crippen LogP contribution in [0.2, 0.25) is 0 Å². The van der Waals surface area contributed by atoms with Crippen molar-refractivity contribution in [2.75, 3.05) is 12.5 Å². The molecule has 0 atom stereocenters. The monoisotopic (exact) mass is 223 g/mol. The maximum absolute atomic E-state index is 5.33. The van der Waals surface area contributed by atoms with Gasteiger partial charge in [-0.05, 0) is 17.9 Å². The summed E-state index contributed by atoms with van der Waals surface area (Å²) in [6, 6.07) is 3.82. The van der Waals surface area contributed by atoms with Crippen molar-refractivity contribution in [1.82, 2.24) is 5.16 Å². The lowest BCUT2D eigenvalue weighted by molar-refractivity contribution is 0.173. The highest BCUT2D eigenvalue weighted by Crippen LogP contribution is 2.40. The van der Waals surface area contributed by atoms with Gasteiger partial charge >= 0.3 is 0 Å². The second-order valence-corrected chi connectivity index (χ2v) is 3.73. The van der Waals surface area contributed by atoms with Crippen LogP contribution in [-0.4, -0.2) is 17.7 Å². The van der Waals surface area contributed by atoms with E-state index in [4.69, 9.17) is 14.0 Å². The fraction of sp³-hybridized carbons (Fsp3) is 0.300. The fourth-order valence-electron chi connectivity index (χ4n) is 1.70. The molecule has 78 valence electrons. The number of aromatic nitrogens is 1. The number of ether oxygens (including phenoxy) is 2. The van der Waals surface area contributed by atoms with Gasteiger partial charge in [-0.15, -0.1) is 0 Å². The van der Waals surface area contributed by atoms with Crippen LogP contribution >= 0.6 is 12.6 Å². The number of nitrogens with zero attached hydrogens (tertiary/aromatic N) is 1. The van der Waals surface area contributed by atoms with Crippen molar-refractivity contribution < 1.29 is 14.0 Å². The molecule has 0 spiro atoms. The van der Waals surface area contributed by atoms with Crippen molar-refractivity contribution in [2.45, 2.75) is 6.42 Å². The lowest BCUT2D eigenvalue weighted by atomic mass is 10.1. The number of thiol groups is 1. The van der Waals surface area contributed by atoms with Crippen molar-refractivity contribution in [3.8, 4) is 11.5 Å². The van der Waals surface area contributed by atoms with E-state index in [2.05, 4.69) is 17.8 Å². The van der Waals surface area contributed by atoms with Gasteiger partial charge in [-0.3, -0.25) is 0 Å².